The second kappa shape index (κ2) is 8.01. The molecular weight excluding hydrogens is 363 g/mol. The Hall–Kier alpha value is -4.18. The first-order chi connectivity index (χ1) is 13.5. The van der Waals surface area contributed by atoms with Crippen LogP contribution in [0.4, 0.5) is 10.1 Å². The van der Waals surface area contributed by atoms with Crippen molar-refractivity contribution in [3.8, 4) is 17.4 Å². The summed E-state index contributed by atoms with van der Waals surface area (Å²) in [4.78, 5) is 23.1. The molecule has 0 fully saturated rings. The first-order valence-electron chi connectivity index (χ1n) is 8.09. The van der Waals surface area contributed by atoms with Crippen LogP contribution < -0.4 is 5.32 Å². The molecule has 138 valence electrons. The largest absolute Gasteiger partial charge is 0.478 e. The number of nitrogens with one attached hydrogen (secondary N) is 1. The molecule has 0 saturated carbocycles. The van der Waals surface area contributed by atoms with Gasteiger partial charge in [-0.1, -0.05) is 12.1 Å². The molecule has 0 aliphatic carbocycles. The van der Waals surface area contributed by atoms with Crippen molar-refractivity contribution in [1.29, 1.82) is 5.26 Å². The summed E-state index contributed by atoms with van der Waals surface area (Å²) >= 11 is 0. The number of hydrogen-bond acceptors (Lipinski definition) is 4. The molecule has 6 nitrogen and oxygen atoms in total. The van der Waals surface area contributed by atoms with Gasteiger partial charge < -0.3 is 14.8 Å². The molecule has 0 radical (unpaired) electrons. The number of amides is 1. The summed E-state index contributed by atoms with van der Waals surface area (Å²) in [5, 5.41) is 20.6. The number of rotatable bonds is 5. The molecule has 2 aromatic carbocycles. The molecule has 7 heteroatoms. The van der Waals surface area contributed by atoms with E-state index in [0.29, 0.717) is 5.69 Å². The van der Waals surface area contributed by atoms with Gasteiger partial charge in [-0.05, 0) is 48.5 Å². The minimum atomic E-state index is -1.08. The average molecular weight is 376 g/mol. The zero-order valence-electron chi connectivity index (χ0n) is 14.3. The number of carboxylic acids is 1. The van der Waals surface area contributed by atoms with Crippen LogP contribution in [-0.2, 0) is 4.79 Å². The van der Waals surface area contributed by atoms with Crippen molar-refractivity contribution in [1.82, 2.24) is 0 Å². The lowest BCUT2D eigenvalue weighted by Gasteiger charge is -2.04. The number of nitrogens with zero attached hydrogens (tertiary/aromatic N) is 1. The van der Waals surface area contributed by atoms with Gasteiger partial charge in [0.2, 0.25) is 0 Å². The van der Waals surface area contributed by atoms with Crippen molar-refractivity contribution in [3.63, 3.8) is 0 Å². The minimum Gasteiger partial charge on any atom is -0.478 e. The lowest BCUT2D eigenvalue weighted by molar-refractivity contribution is -0.112. The molecule has 1 heterocycles. The van der Waals surface area contributed by atoms with Crippen LogP contribution in [0.1, 0.15) is 16.1 Å². The van der Waals surface area contributed by atoms with Gasteiger partial charge in [0.25, 0.3) is 5.91 Å². The van der Waals surface area contributed by atoms with Crippen molar-refractivity contribution < 1.29 is 23.5 Å². The van der Waals surface area contributed by atoms with Crippen LogP contribution in [0.15, 0.2) is 70.7 Å². The molecular formula is C21H13FN2O4. The highest BCUT2D eigenvalue weighted by Crippen LogP contribution is 2.25. The Morgan fingerprint density at radius 1 is 1.07 bits per heavy atom. The van der Waals surface area contributed by atoms with Gasteiger partial charge in [0, 0.05) is 11.8 Å². The van der Waals surface area contributed by atoms with Gasteiger partial charge in [-0.15, -0.1) is 0 Å². The molecule has 2 N–H and O–H groups in total. The van der Waals surface area contributed by atoms with E-state index >= 15 is 0 Å². The third-order valence-electron chi connectivity index (χ3n) is 3.81. The number of carbonyl (C=O) groups excluding carboxylic acids is 1. The van der Waals surface area contributed by atoms with Gasteiger partial charge in [0.15, 0.2) is 0 Å². The fraction of sp³-hybridized carbons (Fsp3) is 0. The average Bonchev–Trinajstić information content (AvgIpc) is 3.15. The third-order valence-corrected chi connectivity index (χ3v) is 3.81. The molecule has 3 rings (SSSR count). The SMILES string of the molecule is N#C/C(=C\c1ccc(-c2ccccc2F)o1)C(=O)Nc1ccc(C(=O)O)cc1. The molecule has 1 aromatic heterocycles. The van der Waals surface area contributed by atoms with Crippen LogP contribution in [0.25, 0.3) is 17.4 Å². The Balaban J connectivity index is 1.78. The van der Waals surface area contributed by atoms with E-state index in [1.54, 1.807) is 30.3 Å². The zero-order valence-corrected chi connectivity index (χ0v) is 14.3. The van der Waals surface area contributed by atoms with E-state index in [9.17, 15) is 19.2 Å². The highest BCUT2D eigenvalue weighted by atomic mass is 19.1. The molecule has 0 bridgehead atoms. The number of halogens is 1. The molecule has 0 aliphatic heterocycles. The fourth-order valence-corrected chi connectivity index (χ4v) is 2.42. The van der Waals surface area contributed by atoms with Crippen molar-refractivity contribution in [2.75, 3.05) is 5.32 Å². The first-order valence-corrected chi connectivity index (χ1v) is 8.09. The Kier molecular flexibility index (Phi) is 5.33. The Morgan fingerprint density at radius 3 is 2.43 bits per heavy atom. The summed E-state index contributed by atoms with van der Waals surface area (Å²) in [5.41, 5.74) is 0.452. The minimum absolute atomic E-state index is 0.0744. The standard InChI is InChI=1S/C21H13FN2O4/c22-18-4-2-1-3-17(18)19-10-9-16(28-19)11-14(12-23)20(25)24-15-7-5-13(6-8-15)21(26)27/h1-11H,(H,24,25)(H,26,27)/b14-11+. The van der Waals surface area contributed by atoms with Crippen LogP contribution in [0, 0.1) is 17.1 Å². The van der Waals surface area contributed by atoms with Crippen LogP contribution in [0.3, 0.4) is 0 Å². The van der Waals surface area contributed by atoms with Gasteiger partial charge in [0.1, 0.15) is 29.0 Å². The maximum Gasteiger partial charge on any atom is 0.335 e. The van der Waals surface area contributed by atoms with E-state index in [4.69, 9.17) is 9.52 Å². The van der Waals surface area contributed by atoms with Crippen molar-refractivity contribution in [2.45, 2.75) is 0 Å². The van der Waals surface area contributed by atoms with Gasteiger partial charge >= 0.3 is 5.97 Å². The number of carboxylic acid groups (broad SMARTS) is 1. The van der Waals surface area contributed by atoms with E-state index in [2.05, 4.69) is 5.32 Å². The van der Waals surface area contributed by atoms with Gasteiger partial charge in [0.05, 0.1) is 11.1 Å². The first kappa shape index (κ1) is 18.6. The number of furan rings is 1. The lowest BCUT2D eigenvalue weighted by atomic mass is 10.1. The van der Waals surface area contributed by atoms with E-state index < -0.39 is 17.7 Å². The van der Waals surface area contributed by atoms with Gasteiger partial charge in [-0.2, -0.15) is 5.26 Å². The topological polar surface area (TPSA) is 103 Å². The molecule has 1 amide bonds. The van der Waals surface area contributed by atoms with Crippen molar-refractivity contribution in [2.24, 2.45) is 0 Å². The monoisotopic (exact) mass is 376 g/mol. The van der Waals surface area contributed by atoms with E-state index in [0.717, 1.165) is 0 Å². The molecule has 28 heavy (non-hydrogen) atoms. The highest BCUT2D eigenvalue weighted by Gasteiger charge is 2.13. The second-order valence-electron chi connectivity index (χ2n) is 5.69. The molecule has 0 aliphatic rings. The quantitative estimate of drug-likeness (QED) is 0.510. The molecule has 0 atom stereocenters. The Labute approximate surface area is 159 Å². The van der Waals surface area contributed by atoms with E-state index in [1.807, 2.05) is 0 Å². The number of nitriles is 1. The Morgan fingerprint density at radius 2 is 1.79 bits per heavy atom. The Bertz CT molecular complexity index is 1110. The summed E-state index contributed by atoms with van der Waals surface area (Å²) < 4.78 is 19.3. The fourth-order valence-electron chi connectivity index (χ4n) is 2.42. The molecule has 3 aromatic rings. The third kappa shape index (κ3) is 4.14. The predicted octanol–water partition coefficient (Wildman–Crippen LogP) is 4.33. The summed E-state index contributed by atoms with van der Waals surface area (Å²) in [6, 6.07) is 16.4. The maximum atomic E-state index is 13.8. The summed E-state index contributed by atoms with van der Waals surface area (Å²) in [6.07, 6.45) is 1.24. The highest BCUT2D eigenvalue weighted by molar-refractivity contribution is 6.09. The zero-order chi connectivity index (χ0) is 20.1. The van der Waals surface area contributed by atoms with Crippen LogP contribution >= 0.6 is 0 Å². The maximum absolute atomic E-state index is 13.8. The second-order valence-corrected chi connectivity index (χ2v) is 5.69. The van der Waals surface area contributed by atoms with Crippen molar-refractivity contribution in [3.05, 3.63) is 83.4 Å². The summed E-state index contributed by atoms with van der Waals surface area (Å²) in [7, 11) is 0. The number of carbonyl (C=O) groups is 2. The molecule has 0 unspecified atom stereocenters. The van der Waals surface area contributed by atoms with E-state index in [-0.39, 0.29) is 28.2 Å². The van der Waals surface area contributed by atoms with Crippen LogP contribution in [0.5, 0.6) is 0 Å². The van der Waals surface area contributed by atoms with Gasteiger partial charge in [-0.25, -0.2) is 9.18 Å². The summed E-state index contributed by atoms with van der Waals surface area (Å²) in [5.74, 6) is -1.73. The van der Waals surface area contributed by atoms with Crippen LogP contribution in [0.2, 0.25) is 0 Å². The summed E-state index contributed by atoms with van der Waals surface area (Å²) in [6.45, 7) is 0. The van der Waals surface area contributed by atoms with Crippen molar-refractivity contribution >= 4 is 23.6 Å². The molecule has 0 spiro atoms. The van der Waals surface area contributed by atoms with Gasteiger partial charge in [-0.3, -0.25) is 4.79 Å². The predicted molar refractivity (Wildman–Crippen MR) is 99.7 cm³/mol. The number of anilines is 1. The number of benzene rings is 2. The smallest absolute Gasteiger partial charge is 0.335 e. The van der Waals surface area contributed by atoms with E-state index in [1.165, 1.54) is 42.5 Å². The lowest BCUT2D eigenvalue weighted by Crippen LogP contribution is -2.13. The number of hydrogen-bond donors (Lipinski definition) is 2. The molecule has 0 saturated heterocycles. The normalized spacial score (nSPS) is 10.9. The van der Waals surface area contributed by atoms with Crippen LogP contribution in [-0.4, -0.2) is 17.0 Å². The number of aromatic carboxylic acids is 1.